The zero-order valence-electron chi connectivity index (χ0n) is 17.7. The average molecular weight is 432 g/mol. The Morgan fingerprint density at radius 2 is 1.70 bits per heavy atom. The molecule has 1 fully saturated rings. The Morgan fingerprint density at radius 1 is 1.03 bits per heavy atom. The van der Waals surface area contributed by atoms with E-state index in [4.69, 9.17) is 4.74 Å². The van der Waals surface area contributed by atoms with E-state index in [-0.39, 0.29) is 23.8 Å². The van der Waals surface area contributed by atoms with E-state index >= 15 is 0 Å². The Kier molecular flexibility index (Phi) is 7.12. The molecule has 1 N–H and O–H groups in total. The van der Waals surface area contributed by atoms with E-state index in [0.29, 0.717) is 18.8 Å². The molecule has 2 aromatic rings. The van der Waals surface area contributed by atoms with Gasteiger partial charge in [0.25, 0.3) is 0 Å². The number of likely N-dealkylation sites (N-methyl/N-ethyl adjacent to an activating group) is 1. The van der Waals surface area contributed by atoms with E-state index in [9.17, 15) is 13.2 Å². The molecule has 1 amide bonds. The highest BCUT2D eigenvalue weighted by atomic mass is 32.2. The smallest absolute Gasteiger partial charge is 0.243 e. The first kappa shape index (κ1) is 22.3. The highest BCUT2D eigenvalue weighted by Gasteiger charge is 2.27. The number of amides is 1. The van der Waals surface area contributed by atoms with Crippen LogP contribution < -0.4 is 10.1 Å². The highest BCUT2D eigenvalue weighted by Crippen LogP contribution is 2.21. The Labute approximate surface area is 178 Å². The molecule has 8 heteroatoms. The van der Waals surface area contributed by atoms with Crippen LogP contribution in [0.2, 0.25) is 0 Å². The van der Waals surface area contributed by atoms with Crippen LogP contribution in [0.5, 0.6) is 5.75 Å². The number of carbonyl (C=O) groups excluding carboxylic acids is 1. The van der Waals surface area contributed by atoms with Crippen molar-refractivity contribution in [2.45, 2.75) is 25.2 Å². The first-order valence-electron chi connectivity index (χ1n) is 10.0. The predicted molar refractivity (Wildman–Crippen MR) is 117 cm³/mol. The summed E-state index contributed by atoms with van der Waals surface area (Å²) in [5.41, 5.74) is 2.76. The van der Waals surface area contributed by atoms with Gasteiger partial charge in [0.05, 0.1) is 17.9 Å². The van der Waals surface area contributed by atoms with Crippen molar-refractivity contribution in [1.82, 2.24) is 9.21 Å². The van der Waals surface area contributed by atoms with Gasteiger partial charge in [-0.1, -0.05) is 17.7 Å². The van der Waals surface area contributed by atoms with Crippen LogP contribution in [-0.4, -0.2) is 63.4 Å². The Bertz CT molecular complexity index is 982. The van der Waals surface area contributed by atoms with E-state index in [1.165, 1.54) is 16.4 Å². The molecule has 0 aliphatic carbocycles. The third kappa shape index (κ3) is 5.59. The molecular formula is C22H29N3O4S. The molecule has 1 saturated heterocycles. The van der Waals surface area contributed by atoms with Gasteiger partial charge in [-0.05, 0) is 56.8 Å². The highest BCUT2D eigenvalue weighted by molar-refractivity contribution is 7.89. The zero-order chi connectivity index (χ0) is 21.7. The minimum Gasteiger partial charge on any atom is -0.493 e. The number of benzene rings is 2. The molecule has 0 spiro atoms. The SMILES string of the molecule is Cc1ccc(OCCC(=O)Nc2ccc(S(=O)(=O)N3CCN(C)CC3)cc2)c(C)c1. The number of piperazine rings is 1. The molecule has 0 atom stereocenters. The number of anilines is 1. The van der Waals surface area contributed by atoms with Gasteiger partial charge in [0.15, 0.2) is 0 Å². The molecule has 0 aromatic heterocycles. The van der Waals surface area contributed by atoms with E-state index in [1.807, 2.05) is 39.1 Å². The number of hydrogen-bond donors (Lipinski definition) is 1. The summed E-state index contributed by atoms with van der Waals surface area (Å²) in [7, 11) is -1.53. The number of nitrogens with one attached hydrogen (secondary N) is 1. The van der Waals surface area contributed by atoms with Crippen molar-refractivity contribution < 1.29 is 17.9 Å². The summed E-state index contributed by atoms with van der Waals surface area (Å²) in [5, 5.41) is 2.78. The average Bonchev–Trinajstić information content (AvgIpc) is 2.70. The van der Waals surface area contributed by atoms with Crippen molar-refractivity contribution in [2.75, 3.05) is 45.2 Å². The Morgan fingerprint density at radius 3 is 2.33 bits per heavy atom. The van der Waals surface area contributed by atoms with Gasteiger partial charge in [0.1, 0.15) is 5.75 Å². The number of hydrogen-bond acceptors (Lipinski definition) is 5. The van der Waals surface area contributed by atoms with Crippen LogP contribution >= 0.6 is 0 Å². The third-order valence-electron chi connectivity index (χ3n) is 5.16. The summed E-state index contributed by atoms with van der Waals surface area (Å²) in [6.07, 6.45) is 0.203. The number of ether oxygens (including phenoxy) is 1. The summed E-state index contributed by atoms with van der Waals surface area (Å²) in [5.74, 6) is 0.585. The molecule has 1 aliphatic rings. The zero-order valence-corrected chi connectivity index (χ0v) is 18.5. The normalized spacial score (nSPS) is 15.7. The first-order valence-corrected chi connectivity index (χ1v) is 11.5. The van der Waals surface area contributed by atoms with Gasteiger partial charge in [0, 0.05) is 31.9 Å². The topological polar surface area (TPSA) is 78.9 Å². The second-order valence-corrected chi connectivity index (χ2v) is 9.59. The second-order valence-electron chi connectivity index (χ2n) is 7.65. The van der Waals surface area contributed by atoms with Crippen molar-refractivity contribution >= 4 is 21.6 Å². The summed E-state index contributed by atoms with van der Waals surface area (Å²) >= 11 is 0. The maximum absolute atomic E-state index is 12.8. The lowest BCUT2D eigenvalue weighted by atomic mass is 10.1. The lowest BCUT2D eigenvalue weighted by Crippen LogP contribution is -2.46. The molecule has 30 heavy (non-hydrogen) atoms. The number of rotatable bonds is 7. The van der Waals surface area contributed by atoms with Crippen LogP contribution in [0.15, 0.2) is 47.4 Å². The quantitative estimate of drug-likeness (QED) is 0.729. The summed E-state index contributed by atoms with van der Waals surface area (Å²) < 4.78 is 32.7. The van der Waals surface area contributed by atoms with Gasteiger partial charge in [-0.2, -0.15) is 4.31 Å². The first-order chi connectivity index (χ1) is 14.3. The lowest BCUT2D eigenvalue weighted by molar-refractivity contribution is -0.116. The van der Waals surface area contributed by atoms with E-state index in [0.717, 1.165) is 30.0 Å². The van der Waals surface area contributed by atoms with Crippen molar-refractivity contribution in [3.63, 3.8) is 0 Å². The molecule has 0 bridgehead atoms. The van der Waals surface area contributed by atoms with Gasteiger partial charge in [-0.3, -0.25) is 4.79 Å². The van der Waals surface area contributed by atoms with Gasteiger partial charge >= 0.3 is 0 Å². The lowest BCUT2D eigenvalue weighted by Gasteiger charge is -2.31. The van der Waals surface area contributed by atoms with Crippen LogP contribution in [0.1, 0.15) is 17.5 Å². The van der Waals surface area contributed by atoms with Crippen LogP contribution in [0.3, 0.4) is 0 Å². The van der Waals surface area contributed by atoms with Gasteiger partial charge in [-0.15, -0.1) is 0 Å². The third-order valence-corrected chi connectivity index (χ3v) is 7.07. The number of nitrogens with zero attached hydrogens (tertiary/aromatic N) is 2. The fourth-order valence-electron chi connectivity index (χ4n) is 3.33. The van der Waals surface area contributed by atoms with Gasteiger partial charge in [-0.25, -0.2) is 8.42 Å². The van der Waals surface area contributed by atoms with E-state index < -0.39 is 10.0 Å². The van der Waals surface area contributed by atoms with Crippen molar-refractivity contribution in [2.24, 2.45) is 0 Å². The van der Waals surface area contributed by atoms with Crippen LogP contribution in [0.4, 0.5) is 5.69 Å². The Balaban J connectivity index is 1.51. The minimum atomic E-state index is -3.51. The van der Waals surface area contributed by atoms with Gasteiger partial charge in [0.2, 0.25) is 15.9 Å². The van der Waals surface area contributed by atoms with E-state index in [1.54, 1.807) is 12.1 Å². The van der Waals surface area contributed by atoms with Crippen molar-refractivity contribution in [3.05, 3.63) is 53.6 Å². The second kappa shape index (κ2) is 9.59. The van der Waals surface area contributed by atoms with Crippen molar-refractivity contribution in [1.29, 1.82) is 0 Å². The number of aryl methyl sites for hydroxylation is 2. The summed E-state index contributed by atoms with van der Waals surface area (Å²) in [6.45, 7) is 6.67. The van der Waals surface area contributed by atoms with Crippen molar-refractivity contribution in [3.8, 4) is 5.75 Å². The molecule has 7 nitrogen and oxygen atoms in total. The summed E-state index contributed by atoms with van der Waals surface area (Å²) in [4.78, 5) is 14.5. The number of sulfonamides is 1. The molecule has 1 aliphatic heterocycles. The fourth-order valence-corrected chi connectivity index (χ4v) is 4.75. The van der Waals surface area contributed by atoms with E-state index in [2.05, 4.69) is 10.2 Å². The molecule has 0 saturated carbocycles. The monoisotopic (exact) mass is 431 g/mol. The largest absolute Gasteiger partial charge is 0.493 e. The minimum absolute atomic E-state index is 0.186. The standard InChI is InChI=1S/C22H29N3O4S/c1-17-4-9-21(18(2)16-17)29-15-10-22(26)23-19-5-7-20(8-6-19)30(27,28)25-13-11-24(3)12-14-25/h4-9,16H,10-15H2,1-3H3,(H,23,26). The molecule has 0 unspecified atom stereocenters. The fraction of sp³-hybridized carbons (Fsp3) is 0.409. The molecule has 3 rings (SSSR count). The molecular weight excluding hydrogens is 402 g/mol. The van der Waals surface area contributed by atoms with Gasteiger partial charge < -0.3 is 15.0 Å². The molecule has 0 radical (unpaired) electrons. The van der Waals surface area contributed by atoms with Crippen LogP contribution in [-0.2, 0) is 14.8 Å². The molecule has 162 valence electrons. The summed E-state index contributed by atoms with van der Waals surface area (Å²) in [6, 6.07) is 12.2. The Hall–Kier alpha value is -2.42. The maximum atomic E-state index is 12.8. The number of carbonyl (C=O) groups is 1. The molecule has 2 aromatic carbocycles. The van der Waals surface area contributed by atoms with Crippen LogP contribution in [0.25, 0.3) is 0 Å². The predicted octanol–water partition coefficient (Wildman–Crippen LogP) is 2.65. The molecule has 1 heterocycles. The van der Waals surface area contributed by atoms with Crippen LogP contribution in [0, 0.1) is 13.8 Å². The maximum Gasteiger partial charge on any atom is 0.243 e.